The second-order valence-electron chi connectivity index (χ2n) is 6.88. The summed E-state index contributed by atoms with van der Waals surface area (Å²) in [5, 5.41) is 4.97. The zero-order chi connectivity index (χ0) is 22.5. The van der Waals surface area contributed by atoms with Crippen LogP contribution in [0.25, 0.3) is 22.2 Å². The van der Waals surface area contributed by atoms with Crippen molar-refractivity contribution < 1.29 is 9.53 Å². The van der Waals surface area contributed by atoms with Crippen molar-refractivity contribution in [2.45, 2.75) is 6.92 Å². The van der Waals surface area contributed by atoms with Crippen LogP contribution in [0.4, 0.5) is 0 Å². The number of amides is 1. The Morgan fingerprint density at radius 2 is 1.88 bits per heavy atom. The molecule has 7 heteroatoms. The summed E-state index contributed by atoms with van der Waals surface area (Å²) in [6, 6.07) is 23.1. The Labute approximate surface area is 208 Å². The highest BCUT2D eigenvalue weighted by Gasteiger charge is 2.14. The van der Waals surface area contributed by atoms with Gasteiger partial charge in [-0.25, -0.2) is 10.4 Å². The van der Waals surface area contributed by atoms with Gasteiger partial charge in [0.15, 0.2) is 0 Å². The van der Waals surface area contributed by atoms with Gasteiger partial charge in [-0.1, -0.05) is 64.5 Å². The van der Waals surface area contributed by atoms with Gasteiger partial charge in [0, 0.05) is 21.0 Å². The van der Waals surface area contributed by atoms with E-state index in [4.69, 9.17) is 9.72 Å². The molecule has 0 atom stereocenters. The number of carbonyl (C=O) groups excluding carboxylic acids is 1. The normalized spacial score (nSPS) is 11.1. The van der Waals surface area contributed by atoms with Crippen LogP contribution >= 0.6 is 38.5 Å². The van der Waals surface area contributed by atoms with Crippen molar-refractivity contribution >= 4 is 61.5 Å². The number of hydrogen-bond acceptors (Lipinski definition) is 4. The van der Waals surface area contributed by atoms with Crippen molar-refractivity contribution in [1.82, 2.24) is 10.4 Å². The fourth-order valence-corrected chi connectivity index (χ4v) is 5.02. The molecule has 4 rings (SSSR count). The van der Waals surface area contributed by atoms with Crippen LogP contribution in [0.15, 0.2) is 82.4 Å². The molecule has 5 nitrogen and oxygen atoms in total. The molecule has 0 aliphatic rings. The van der Waals surface area contributed by atoms with Crippen molar-refractivity contribution in [2.24, 2.45) is 5.10 Å². The molecule has 4 aromatic rings. The molecule has 0 spiro atoms. The number of nitrogens with zero attached hydrogens (tertiary/aromatic N) is 2. The quantitative estimate of drug-likeness (QED) is 0.158. The molecule has 32 heavy (non-hydrogen) atoms. The van der Waals surface area contributed by atoms with Crippen LogP contribution in [-0.2, 0) is 0 Å². The fourth-order valence-electron chi connectivity index (χ4n) is 3.31. The first-order valence-corrected chi connectivity index (χ1v) is 11.8. The first kappa shape index (κ1) is 22.4. The van der Waals surface area contributed by atoms with Gasteiger partial charge in [0.1, 0.15) is 5.75 Å². The Hall–Kier alpha value is -2.78. The fraction of sp³-hybridized carbons (Fsp3) is 0.0800. The minimum atomic E-state index is -0.306. The summed E-state index contributed by atoms with van der Waals surface area (Å²) in [4.78, 5) is 17.8. The summed E-state index contributed by atoms with van der Waals surface area (Å²) in [6.07, 6.45) is 1.59. The van der Waals surface area contributed by atoms with Gasteiger partial charge in [0.05, 0.1) is 33.2 Å². The molecule has 160 valence electrons. The Morgan fingerprint density at radius 1 is 1.12 bits per heavy atom. The number of aromatic nitrogens is 1. The molecule has 1 N–H and O–H groups in total. The largest absolute Gasteiger partial charge is 0.492 e. The maximum Gasteiger partial charge on any atom is 0.272 e. The monoisotopic (exact) mass is 599 g/mol. The molecular formula is C25H19BrIN3O2. The molecule has 1 aromatic heterocycles. The maximum atomic E-state index is 13.1. The van der Waals surface area contributed by atoms with E-state index in [1.807, 2.05) is 73.7 Å². The van der Waals surface area contributed by atoms with Gasteiger partial charge in [-0.05, 0) is 53.8 Å². The molecule has 3 aromatic carbocycles. The summed E-state index contributed by atoms with van der Waals surface area (Å²) >= 11 is 5.71. The number of nitrogens with one attached hydrogen (secondary N) is 1. The minimum Gasteiger partial charge on any atom is -0.492 e. The van der Waals surface area contributed by atoms with Crippen LogP contribution in [0.3, 0.4) is 0 Å². The number of hydrogen-bond donors (Lipinski definition) is 1. The molecule has 1 heterocycles. The Balaban J connectivity index is 1.66. The summed E-state index contributed by atoms with van der Waals surface area (Å²) < 4.78 is 7.61. The van der Waals surface area contributed by atoms with E-state index in [1.165, 1.54) is 0 Å². The van der Waals surface area contributed by atoms with Crippen LogP contribution in [0, 0.1) is 3.57 Å². The highest BCUT2D eigenvalue weighted by atomic mass is 127. The highest BCUT2D eigenvalue weighted by Crippen LogP contribution is 2.29. The van der Waals surface area contributed by atoms with E-state index in [9.17, 15) is 4.79 Å². The lowest BCUT2D eigenvalue weighted by Gasteiger charge is -2.10. The average molecular weight is 600 g/mol. The van der Waals surface area contributed by atoms with Crippen LogP contribution in [0.1, 0.15) is 22.8 Å². The van der Waals surface area contributed by atoms with Gasteiger partial charge in [0.2, 0.25) is 0 Å². The second-order valence-corrected chi connectivity index (χ2v) is 8.95. The SMILES string of the molecule is CCOc1c(I)cc(Br)cc1/C=N\NC(=O)c1cc(-c2ccccc2)nc2ccccc12. The van der Waals surface area contributed by atoms with Crippen molar-refractivity contribution in [3.05, 3.63) is 92.0 Å². The van der Waals surface area contributed by atoms with Crippen LogP contribution < -0.4 is 10.2 Å². The zero-order valence-corrected chi connectivity index (χ0v) is 20.9. The lowest BCUT2D eigenvalue weighted by Crippen LogP contribution is -2.18. The number of ether oxygens (including phenoxy) is 1. The van der Waals surface area contributed by atoms with Crippen LogP contribution in [-0.4, -0.2) is 23.7 Å². The second kappa shape index (κ2) is 10.2. The first-order valence-electron chi connectivity index (χ1n) is 9.97. The molecule has 0 aliphatic heterocycles. The zero-order valence-electron chi connectivity index (χ0n) is 17.2. The third-order valence-corrected chi connectivity index (χ3v) is 5.99. The number of benzene rings is 3. The molecule has 0 aliphatic carbocycles. The molecule has 0 bridgehead atoms. The van der Waals surface area contributed by atoms with E-state index < -0.39 is 0 Å². The standard InChI is InChI=1S/C25H19BrIN3O2/c1-2-32-24-17(12-18(26)13-21(24)27)15-28-30-25(31)20-14-23(16-8-4-3-5-9-16)29-22-11-7-6-10-19(20)22/h3-15H,2H2,1H3,(H,30,31)/b28-15-. The molecular weight excluding hydrogens is 581 g/mol. The molecule has 0 radical (unpaired) electrons. The number of fused-ring (bicyclic) bond motifs is 1. The third kappa shape index (κ3) is 4.99. The highest BCUT2D eigenvalue weighted by molar-refractivity contribution is 14.1. The van der Waals surface area contributed by atoms with E-state index in [2.05, 4.69) is 49.0 Å². The van der Waals surface area contributed by atoms with E-state index in [-0.39, 0.29) is 5.91 Å². The number of halogens is 2. The Bertz CT molecular complexity index is 1310. The first-order chi connectivity index (χ1) is 15.6. The van der Waals surface area contributed by atoms with Crippen molar-refractivity contribution in [2.75, 3.05) is 6.61 Å². The Kier molecular flexibility index (Phi) is 7.16. The van der Waals surface area contributed by atoms with Gasteiger partial charge in [-0.3, -0.25) is 4.79 Å². The molecule has 0 unspecified atom stereocenters. The number of hydrazone groups is 1. The summed E-state index contributed by atoms with van der Waals surface area (Å²) in [5.41, 5.74) is 6.38. The van der Waals surface area contributed by atoms with Crippen molar-refractivity contribution in [3.8, 4) is 17.0 Å². The van der Waals surface area contributed by atoms with E-state index in [1.54, 1.807) is 12.3 Å². The predicted octanol–water partition coefficient (Wildman–Crippen LogP) is 6.43. The van der Waals surface area contributed by atoms with E-state index in [0.717, 1.165) is 41.5 Å². The number of pyridine rings is 1. The number of carbonyl (C=O) groups is 1. The van der Waals surface area contributed by atoms with E-state index >= 15 is 0 Å². The van der Waals surface area contributed by atoms with Crippen LogP contribution in [0.2, 0.25) is 0 Å². The molecule has 0 fully saturated rings. The maximum absolute atomic E-state index is 13.1. The van der Waals surface area contributed by atoms with Gasteiger partial charge in [-0.2, -0.15) is 5.10 Å². The van der Waals surface area contributed by atoms with Crippen LogP contribution in [0.5, 0.6) is 5.75 Å². The van der Waals surface area contributed by atoms with Gasteiger partial charge >= 0.3 is 0 Å². The average Bonchev–Trinajstić information content (AvgIpc) is 2.81. The summed E-state index contributed by atoms with van der Waals surface area (Å²) in [7, 11) is 0. The number of para-hydroxylation sites is 1. The smallest absolute Gasteiger partial charge is 0.272 e. The topological polar surface area (TPSA) is 63.6 Å². The van der Waals surface area contributed by atoms with Gasteiger partial charge in [0.25, 0.3) is 5.91 Å². The molecule has 1 amide bonds. The van der Waals surface area contributed by atoms with Gasteiger partial charge in [-0.15, -0.1) is 0 Å². The predicted molar refractivity (Wildman–Crippen MR) is 140 cm³/mol. The number of rotatable bonds is 6. The Morgan fingerprint density at radius 3 is 2.66 bits per heavy atom. The van der Waals surface area contributed by atoms with E-state index in [0.29, 0.717) is 12.2 Å². The molecule has 0 saturated carbocycles. The third-order valence-electron chi connectivity index (χ3n) is 4.73. The molecule has 0 saturated heterocycles. The summed E-state index contributed by atoms with van der Waals surface area (Å²) in [6.45, 7) is 2.47. The minimum absolute atomic E-state index is 0.306. The lowest BCUT2D eigenvalue weighted by molar-refractivity contribution is 0.0956. The van der Waals surface area contributed by atoms with Gasteiger partial charge < -0.3 is 4.74 Å². The van der Waals surface area contributed by atoms with Crippen molar-refractivity contribution in [3.63, 3.8) is 0 Å². The van der Waals surface area contributed by atoms with Crippen molar-refractivity contribution in [1.29, 1.82) is 0 Å². The summed E-state index contributed by atoms with van der Waals surface area (Å²) in [5.74, 6) is 0.426. The lowest BCUT2D eigenvalue weighted by atomic mass is 10.0.